The fraction of sp³-hybridized carbons (Fsp3) is 0.704. The highest BCUT2D eigenvalue weighted by Gasteiger charge is 2.19. The highest BCUT2D eigenvalue weighted by Crippen LogP contribution is 2.16. The molecule has 1 unspecified atom stereocenters. The van der Waals surface area contributed by atoms with Gasteiger partial charge in [-0.05, 0) is 103 Å². The van der Waals surface area contributed by atoms with E-state index >= 15 is 0 Å². The maximum atomic E-state index is 12.8. The second-order valence-electron chi connectivity index (χ2n) is 21.3. The summed E-state index contributed by atoms with van der Waals surface area (Å²) in [6.45, 7) is 6.46. The number of carbonyl (C=O) groups is 3. The van der Waals surface area contributed by atoms with E-state index in [1.807, 2.05) is 0 Å². The maximum absolute atomic E-state index is 12.8. The first-order chi connectivity index (χ1) is 38.0. The van der Waals surface area contributed by atoms with E-state index in [0.717, 1.165) is 135 Å². The number of carbonyl (C=O) groups excluding carboxylic acids is 3. The molecule has 0 bridgehead atoms. The summed E-state index contributed by atoms with van der Waals surface area (Å²) in [5.41, 5.74) is 0. The number of rotatable bonds is 58. The third-order valence-corrected chi connectivity index (χ3v) is 13.7. The van der Waals surface area contributed by atoms with E-state index in [1.165, 1.54) is 128 Å². The minimum absolute atomic E-state index is 0.0804. The fourth-order valence-corrected chi connectivity index (χ4v) is 8.93. The number of esters is 3. The fourth-order valence-electron chi connectivity index (χ4n) is 8.93. The summed E-state index contributed by atoms with van der Waals surface area (Å²) < 4.78 is 16.9. The summed E-state index contributed by atoms with van der Waals surface area (Å²) in [5, 5.41) is 0. The largest absolute Gasteiger partial charge is 0.462 e. The predicted molar refractivity (Wildman–Crippen MR) is 334 cm³/mol. The monoisotopic (exact) mass is 1070 g/mol. The van der Waals surface area contributed by atoms with Crippen molar-refractivity contribution >= 4 is 17.9 Å². The van der Waals surface area contributed by atoms with Gasteiger partial charge < -0.3 is 14.2 Å². The summed E-state index contributed by atoms with van der Waals surface area (Å²) in [7, 11) is 0. The number of unbranched alkanes of at least 4 members (excludes halogenated alkanes) is 29. The minimum Gasteiger partial charge on any atom is -0.462 e. The third-order valence-electron chi connectivity index (χ3n) is 13.7. The van der Waals surface area contributed by atoms with Gasteiger partial charge in [0.1, 0.15) is 13.2 Å². The Morgan fingerprint density at radius 1 is 0.273 bits per heavy atom. The average Bonchev–Trinajstić information content (AvgIpc) is 3.43. The molecule has 0 aliphatic heterocycles. The average molecular weight is 1070 g/mol. The molecular formula is C71H120O6. The Kier molecular flexibility index (Phi) is 61.3. The molecule has 0 aliphatic carbocycles. The lowest BCUT2D eigenvalue weighted by atomic mass is 10.0. The van der Waals surface area contributed by atoms with E-state index < -0.39 is 6.10 Å². The number of allylic oxidation sites excluding steroid dienone is 18. The molecule has 0 heterocycles. The lowest BCUT2D eigenvalue weighted by Crippen LogP contribution is -2.30. The highest BCUT2D eigenvalue weighted by molar-refractivity contribution is 5.71. The number of ether oxygens (including phenoxy) is 3. The highest BCUT2D eigenvalue weighted by atomic mass is 16.6. The summed E-state index contributed by atoms with van der Waals surface area (Å²) >= 11 is 0. The molecule has 0 aromatic heterocycles. The maximum Gasteiger partial charge on any atom is 0.306 e. The van der Waals surface area contributed by atoms with Gasteiger partial charge in [0, 0.05) is 19.3 Å². The van der Waals surface area contributed by atoms with Crippen LogP contribution in [0.25, 0.3) is 0 Å². The lowest BCUT2D eigenvalue weighted by Gasteiger charge is -2.18. The summed E-state index contributed by atoms with van der Waals surface area (Å²) in [6.07, 6.45) is 88.3. The van der Waals surface area contributed by atoms with E-state index in [2.05, 4.69) is 130 Å². The van der Waals surface area contributed by atoms with Crippen LogP contribution >= 0.6 is 0 Å². The molecule has 0 radical (unpaired) electrons. The van der Waals surface area contributed by atoms with Crippen molar-refractivity contribution in [2.45, 2.75) is 309 Å². The molecule has 0 fully saturated rings. The van der Waals surface area contributed by atoms with Gasteiger partial charge in [-0.1, -0.05) is 291 Å². The Morgan fingerprint density at radius 2 is 0.532 bits per heavy atom. The number of hydrogen-bond acceptors (Lipinski definition) is 6. The van der Waals surface area contributed by atoms with Crippen LogP contribution in [0.5, 0.6) is 0 Å². The normalized spacial score (nSPS) is 12.8. The molecule has 0 saturated heterocycles. The van der Waals surface area contributed by atoms with Crippen molar-refractivity contribution in [1.29, 1.82) is 0 Å². The summed E-state index contributed by atoms with van der Waals surface area (Å²) in [6, 6.07) is 0. The molecule has 0 N–H and O–H groups in total. The minimum atomic E-state index is -0.783. The van der Waals surface area contributed by atoms with Crippen molar-refractivity contribution in [3.8, 4) is 0 Å². The van der Waals surface area contributed by atoms with Crippen molar-refractivity contribution in [2.24, 2.45) is 0 Å². The summed E-state index contributed by atoms with van der Waals surface area (Å²) in [5.74, 6) is -0.890. The SMILES string of the molecule is CC/C=C\C/C=C\C/C=C\C/C=C\C/C=C\C/C=C\C/C=C\CCCCCCCCCCCCCCCC(=O)OCC(COC(=O)CCCCCCCCCCCCC)OC(=O)CCCCCCC/C=C\C/C=C\CCC. The van der Waals surface area contributed by atoms with E-state index in [9.17, 15) is 14.4 Å². The molecule has 0 aromatic carbocycles. The van der Waals surface area contributed by atoms with Gasteiger partial charge in [0.25, 0.3) is 0 Å². The zero-order chi connectivity index (χ0) is 55.7. The van der Waals surface area contributed by atoms with Crippen LogP contribution in [0.4, 0.5) is 0 Å². The van der Waals surface area contributed by atoms with Crippen LogP contribution in [0, 0.1) is 0 Å². The van der Waals surface area contributed by atoms with Crippen LogP contribution in [0.1, 0.15) is 303 Å². The first kappa shape index (κ1) is 73.1. The Morgan fingerprint density at radius 3 is 0.844 bits per heavy atom. The van der Waals surface area contributed by atoms with Crippen LogP contribution < -0.4 is 0 Å². The van der Waals surface area contributed by atoms with Crippen LogP contribution in [-0.2, 0) is 28.6 Å². The van der Waals surface area contributed by atoms with Crippen molar-refractivity contribution in [2.75, 3.05) is 13.2 Å². The Labute approximate surface area is 476 Å². The van der Waals surface area contributed by atoms with Crippen LogP contribution in [0.2, 0.25) is 0 Å². The van der Waals surface area contributed by atoms with Crippen LogP contribution in [-0.4, -0.2) is 37.2 Å². The Bertz CT molecular complexity index is 1560. The van der Waals surface area contributed by atoms with Gasteiger partial charge in [-0.25, -0.2) is 0 Å². The van der Waals surface area contributed by atoms with Gasteiger partial charge in [0.05, 0.1) is 0 Å². The van der Waals surface area contributed by atoms with Crippen LogP contribution in [0.15, 0.2) is 109 Å². The lowest BCUT2D eigenvalue weighted by molar-refractivity contribution is -0.167. The van der Waals surface area contributed by atoms with E-state index in [-0.39, 0.29) is 31.1 Å². The van der Waals surface area contributed by atoms with Crippen molar-refractivity contribution < 1.29 is 28.6 Å². The molecule has 77 heavy (non-hydrogen) atoms. The zero-order valence-electron chi connectivity index (χ0n) is 50.4. The smallest absolute Gasteiger partial charge is 0.306 e. The van der Waals surface area contributed by atoms with Gasteiger partial charge in [-0.2, -0.15) is 0 Å². The van der Waals surface area contributed by atoms with Gasteiger partial charge in [-0.15, -0.1) is 0 Å². The van der Waals surface area contributed by atoms with Gasteiger partial charge in [0.15, 0.2) is 6.10 Å². The molecule has 0 spiro atoms. The van der Waals surface area contributed by atoms with Gasteiger partial charge in [-0.3, -0.25) is 14.4 Å². The molecule has 1 atom stereocenters. The first-order valence-corrected chi connectivity index (χ1v) is 32.4. The zero-order valence-corrected chi connectivity index (χ0v) is 50.4. The molecule has 440 valence electrons. The molecule has 0 saturated carbocycles. The van der Waals surface area contributed by atoms with E-state index in [1.54, 1.807) is 0 Å². The molecule has 0 aromatic rings. The topological polar surface area (TPSA) is 78.9 Å². The Hall–Kier alpha value is -3.93. The number of hydrogen-bond donors (Lipinski definition) is 0. The quantitative estimate of drug-likeness (QED) is 0.0261. The first-order valence-electron chi connectivity index (χ1n) is 32.4. The van der Waals surface area contributed by atoms with Crippen molar-refractivity contribution in [3.63, 3.8) is 0 Å². The predicted octanol–water partition coefficient (Wildman–Crippen LogP) is 22.2. The third kappa shape index (κ3) is 62.8. The molecular weight excluding hydrogens is 949 g/mol. The summed E-state index contributed by atoms with van der Waals surface area (Å²) in [4.78, 5) is 38.2. The standard InChI is InChI=1S/C71H120O6/c1-4-7-10-13-16-19-22-24-25-26-27-28-29-30-31-32-33-34-35-36-37-38-39-40-41-42-43-44-45-47-49-52-55-58-61-64-70(73)76-67-68(66-75-69(72)63-60-57-54-51-48-21-18-15-12-9-6-3)77-71(74)65-62-59-56-53-50-46-23-20-17-14-11-8-5-2/h7,10-11,14,16,19-20,23-25,27-28,30-31,33-34,36-37,68H,4-6,8-9,12-13,15,17-18,21-22,26,29,32,35,38-67H2,1-3H3/b10-7-,14-11-,19-16-,23-20-,25-24-,28-27-,31-30-,34-33-,37-36-. The molecule has 0 rings (SSSR count). The second-order valence-corrected chi connectivity index (χ2v) is 21.3. The van der Waals surface area contributed by atoms with Crippen molar-refractivity contribution in [1.82, 2.24) is 0 Å². The Balaban J connectivity index is 4.11. The van der Waals surface area contributed by atoms with E-state index in [0.29, 0.717) is 19.3 Å². The molecule has 6 heteroatoms. The van der Waals surface area contributed by atoms with Crippen molar-refractivity contribution in [3.05, 3.63) is 109 Å². The van der Waals surface area contributed by atoms with Gasteiger partial charge >= 0.3 is 17.9 Å². The van der Waals surface area contributed by atoms with Crippen LogP contribution in [0.3, 0.4) is 0 Å². The molecule has 6 nitrogen and oxygen atoms in total. The second kappa shape index (κ2) is 64.6. The molecule has 0 aliphatic rings. The molecule has 0 amide bonds. The van der Waals surface area contributed by atoms with E-state index in [4.69, 9.17) is 14.2 Å². The van der Waals surface area contributed by atoms with Gasteiger partial charge in [0.2, 0.25) is 0 Å².